The zero-order chi connectivity index (χ0) is 17.7. The lowest BCUT2D eigenvalue weighted by Gasteiger charge is -2.30. The van der Waals surface area contributed by atoms with Gasteiger partial charge in [-0.1, -0.05) is 55.5 Å². The van der Waals surface area contributed by atoms with E-state index in [2.05, 4.69) is 16.5 Å². The van der Waals surface area contributed by atoms with Gasteiger partial charge in [-0.15, -0.1) is 0 Å². The van der Waals surface area contributed by atoms with Crippen LogP contribution in [-0.4, -0.2) is 39.5 Å². The van der Waals surface area contributed by atoms with Crippen LogP contribution in [0.1, 0.15) is 19.8 Å². The van der Waals surface area contributed by atoms with Crippen molar-refractivity contribution in [1.29, 1.82) is 0 Å². The molecule has 0 atom stereocenters. The van der Waals surface area contributed by atoms with Gasteiger partial charge in [-0.2, -0.15) is 0 Å². The van der Waals surface area contributed by atoms with Crippen LogP contribution in [0.15, 0.2) is 59.5 Å². The van der Waals surface area contributed by atoms with E-state index in [0.29, 0.717) is 11.4 Å². The zero-order valence-electron chi connectivity index (χ0n) is 14.7. The van der Waals surface area contributed by atoms with Gasteiger partial charge in [-0.05, 0) is 43.5 Å². The van der Waals surface area contributed by atoms with E-state index in [0.717, 1.165) is 36.7 Å². The molecule has 1 fully saturated rings. The number of nitrogens with zero attached hydrogens (tertiary/aromatic N) is 1. The van der Waals surface area contributed by atoms with Crippen LogP contribution in [0.25, 0.3) is 11.1 Å². The van der Waals surface area contributed by atoms with Crippen molar-refractivity contribution >= 4 is 10.0 Å². The topological polar surface area (TPSA) is 49.4 Å². The van der Waals surface area contributed by atoms with Crippen molar-refractivity contribution in [3.8, 4) is 11.1 Å². The Morgan fingerprint density at radius 2 is 1.64 bits per heavy atom. The summed E-state index contributed by atoms with van der Waals surface area (Å²) >= 11 is 0. The maximum atomic E-state index is 12.8. The minimum Gasteiger partial charge on any atom is -0.302 e. The Morgan fingerprint density at radius 3 is 2.36 bits per heavy atom. The van der Waals surface area contributed by atoms with Crippen LogP contribution in [0.5, 0.6) is 0 Å². The molecule has 1 saturated heterocycles. The molecule has 0 aromatic heterocycles. The molecule has 3 rings (SSSR count). The zero-order valence-corrected chi connectivity index (χ0v) is 15.5. The Bertz CT molecular complexity index is 782. The van der Waals surface area contributed by atoms with Crippen LogP contribution >= 0.6 is 0 Å². The van der Waals surface area contributed by atoms with E-state index in [1.165, 1.54) is 12.8 Å². The quantitative estimate of drug-likeness (QED) is 0.861. The van der Waals surface area contributed by atoms with E-state index in [4.69, 9.17) is 0 Å². The van der Waals surface area contributed by atoms with E-state index in [9.17, 15) is 8.42 Å². The van der Waals surface area contributed by atoms with Gasteiger partial charge in [0.25, 0.3) is 0 Å². The molecule has 0 amide bonds. The fourth-order valence-corrected chi connectivity index (χ4v) is 4.51. The fraction of sp³-hybridized carbons (Fsp3) is 0.400. The third-order valence-corrected chi connectivity index (χ3v) is 6.38. The molecule has 0 unspecified atom stereocenters. The fourth-order valence-electron chi connectivity index (χ4n) is 3.26. The molecular weight excluding hydrogens is 332 g/mol. The van der Waals surface area contributed by atoms with Crippen LogP contribution in [0, 0.1) is 5.92 Å². The molecule has 0 saturated carbocycles. The summed E-state index contributed by atoms with van der Waals surface area (Å²) in [6.45, 7) is 5.60. The summed E-state index contributed by atoms with van der Waals surface area (Å²) in [5.74, 6) is 0.783. The number of likely N-dealkylation sites (tertiary alicyclic amines) is 1. The first-order valence-electron chi connectivity index (χ1n) is 8.93. The summed E-state index contributed by atoms with van der Waals surface area (Å²) in [4.78, 5) is 2.68. The van der Waals surface area contributed by atoms with Crippen molar-refractivity contribution in [3.63, 3.8) is 0 Å². The minimum atomic E-state index is -3.53. The Kier molecular flexibility index (Phi) is 5.89. The summed E-state index contributed by atoms with van der Waals surface area (Å²) in [5, 5.41) is 0. The molecule has 0 bridgehead atoms. The molecule has 2 aromatic carbocycles. The highest BCUT2D eigenvalue weighted by atomic mass is 32.2. The highest BCUT2D eigenvalue weighted by Gasteiger charge is 2.20. The van der Waals surface area contributed by atoms with Gasteiger partial charge in [-0.25, -0.2) is 13.1 Å². The third-order valence-electron chi connectivity index (χ3n) is 4.86. The van der Waals surface area contributed by atoms with Gasteiger partial charge in [0.15, 0.2) is 0 Å². The van der Waals surface area contributed by atoms with Gasteiger partial charge in [0.2, 0.25) is 10.0 Å². The average Bonchev–Trinajstić information content (AvgIpc) is 2.64. The predicted octanol–water partition coefficient (Wildman–Crippen LogP) is 3.36. The highest BCUT2D eigenvalue weighted by Crippen LogP contribution is 2.26. The number of piperidine rings is 1. The van der Waals surface area contributed by atoms with Crippen molar-refractivity contribution in [2.24, 2.45) is 5.92 Å². The smallest absolute Gasteiger partial charge is 0.241 e. The molecule has 0 aliphatic carbocycles. The predicted molar refractivity (Wildman–Crippen MR) is 102 cm³/mol. The molecular formula is C20H26N2O2S. The first-order valence-corrected chi connectivity index (χ1v) is 10.4. The number of rotatable bonds is 6. The van der Waals surface area contributed by atoms with Gasteiger partial charge in [0.1, 0.15) is 0 Å². The Balaban J connectivity index is 1.68. The molecule has 134 valence electrons. The van der Waals surface area contributed by atoms with Gasteiger partial charge >= 0.3 is 0 Å². The monoisotopic (exact) mass is 358 g/mol. The van der Waals surface area contributed by atoms with Gasteiger partial charge < -0.3 is 4.90 Å². The van der Waals surface area contributed by atoms with Gasteiger partial charge in [0.05, 0.1) is 4.90 Å². The maximum Gasteiger partial charge on any atom is 0.241 e. The van der Waals surface area contributed by atoms with E-state index in [-0.39, 0.29) is 0 Å². The lowest BCUT2D eigenvalue weighted by atomic mass is 9.99. The van der Waals surface area contributed by atoms with Gasteiger partial charge in [-0.3, -0.25) is 0 Å². The van der Waals surface area contributed by atoms with Crippen LogP contribution in [0.4, 0.5) is 0 Å². The van der Waals surface area contributed by atoms with E-state index in [1.54, 1.807) is 12.1 Å². The molecule has 0 spiro atoms. The molecule has 2 aromatic rings. The standard InChI is InChI=1S/C20H26N2O2S/c1-17-11-14-22(15-12-17)16-13-21-25(23,24)20-10-6-5-9-19(20)18-7-3-2-4-8-18/h2-10,17,21H,11-16H2,1H3. The van der Waals surface area contributed by atoms with Crippen molar-refractivity contribution in [2.45, 2.75) is 24.7 Å². The first kappa shape index (κ1) is 18.1. The second kappa shape index (κ2) is 8.13. The van der Waals surface area contributed by atoms with Crippen molar-refractivity contribution in [1.82, 2.24) is 9.62 Å². The Labute approximate surface area is 150 Å². The van der Waals surface area contributed by atoms with Crippen molar-refractivity contribution in [2.75, 3.05) is 26.2 Å². The molecule has 5 heteroatoms. The average molecular weight is 359 g/mol. The number of nitrogens with one attached hydrogen (secondary N) is 1. The number of sulfonamides is 1. The van der Waals surface area contributed by atoms with Crippen molar-refractivity contribution < 1.29 is 8.42 Å². The molecule has 1 N–H and O–H groups in total. The third kappa shape index (κ3) is 4.69. The lowest BCUT2D eigenvalue weighted by molar-refractivity contribution is 0.195. The summed E-state index contributed by atoms with van der Waals surface area (Å²) in [7, 11) is -3.53. The molecule has 4 nitrogen and oxygen atoms in total. The normalized spacial score (nSPS) is 16.8. The van der Waals surface area contributed by atoms with Crippen molar-refractivity contribution in [3.05, 3.63) is 54.6 Å². The second-order valence-corrected chi connectivity index (χ2v) is 8.52. The molecule has 1 aliphatic heterocycles. The summed E-state index contributed by atoms with van der Waals surface area (Å²) in [5.41, 5.74) is 1.65. The summed E-state index contributed by atoms with van der Waals surface area (Å²) in [6, 6.07) is 16.8. The van der Waals surface area contributed by atoms with Crippen LogP contribution in [-0.2, 0) is 10.0 Å². The molecule has 1 aliphatic rings. The van der Waals surface area contributed by atoms with E-state index < -0.39 is 10.0 Å². The molecule has 25 heavy (non-hydrogen) atoms. The SMILES string of the molecule is CC1CCN(CCNS(=O)(=O)c2ccccc2-c2ccccc2)CC1. The molecule has 0 radical (unpaired) electrons. The number of benzene rings is 2. The molecule has 1 heterocycles. The van der Waals surface area contributed by atoms with Crippen LogP contribution in [0.2, 0.25) is 0 Å². The Hall–Kier alpha value is -1.69. The first-order chi connectivity index (χ1) is 12.1. The maximum absolute atomic E-state index is 12.8. The summed E-state index contributed by atoms with van der Waals surface area (Å²) < 4.78 is 28.4. The largest absolute Gasteiger partial charge is 0.302 e. The lowest BCUT2D eigenvalue weighted by Crippen LogP contribution is -2.39. The minimum absolute atomic E-state index is 0.341. The Morgan fingerprint density at radius 1 is 1.00 bits per heavy atom. The summed E-state index contributed by atoms with van der Waals surface area (Å²) in [6.07, 6.45) is 2.40. The second-order valence-electron chi connectivity index (χ2n) is 6.78. The van der Waals surface area contributed by atoms with Crippen LogP contribution in [0.3, 0.4) is 0 Å². The number of hydrogen-bond acceptors (Lipinski definition) is 3. The van der Waals surface area contributed by atoms with E-state index in [1.807, 2.05) is 42.5 Å². The van der Waals surface area contributed by atoms with E-state index >= 15 is 0 Å². The highest BCUT2D eigenvalue weighted by molar-refractivity contribution is 7.89. The van der Waals surface area contributed by atoms with Gasteiger partial charge in [0, 0.05) is 18.7 Å². The number of hydrogen-bond donors (Lipinski definition) is 1. The van der Waals surface area contributed by atoms with Crippen LogP contribution < -0.4 is 4.72 Å².